The molecule has 14 heavy (non-hydrogen) atoms. The molecule has 0 saturated carbocycles. The summed E-state index contributed by atoms with van der Waals surface area (Å²) in [5, 5.41) is 13.5. The lowest BCUT2D eigenvalue weighted by Crippen LogP contribution is -2.14. The molecule has 0 aliphatic rings. The largest absolute Gasteiger partial charge is 0.368 e. The minimum Gasteiger partial charge on any atom is -0.368 e. The van der Waals surface area contributed by atoms with Crippen LogP contribution in [0.2, 0.25) is 0 Å². The summed E-state index contributed by atoms with van der Waals surface area (Å²) in [6, 6.07) is 3.38. The molecule has 1 aromatic heterocycles. The van der Waals surface area contributed by atoms with E-state index >= 15 is 0 Å². The zero-order valence-corrected chi connectivity index (χ0v) is 8.23. The highest BCUT2D eigenvalue weighted by Gasteiger charge is 2.05. The maximum atomic E-state index is 10.3. The molecule has 5 nitrogen and oxygen atoms in total. The topological polar surface area (TPSA) is 68.1 Å². The van der Waals surface area contributed by atoms with Crippen LogP contribution in [0.15, 0.2) is 18.3 Å². The van der Waals surface area contributed by atoms with E-state index in [1.807, 2.05) is 6.92 Å². The molecule has 1 aromatic rings. The number of pyridine rings is 1. The van der Waals surface area contributed by atoms with E-state index in [0.29, 0.717) is 11.9 Å². The molecule has 0 bridgehead atoms. The van der Waals surface area contributed by atoms with Crippen molar-refractivity contribution >= 4 is 11.5 Å². The fourth-order valence-electron chi connectivity index (χ4n) is 0.934. The molecular formula is C9H13N3O2. The first-order valence-electron chi connectivity index (χ1n) is 4.50. The van der Waals surface area contributed by atoms with Gasteiger partial charge in [0.05, 0.1) is 4.92 Å². The van der Waals surface area contributed by atoms with Crippen LogP contribution in [-0.2, 0) is 0 Å². The van der Waals surface area contributed by atoms with Crippen molar-refractivity contribution in [1.29, 1.82) is 0 Å². The van der Waals surface area contributed by atoms with Crippen LogP contribution in [0, 0.1) is 10.1 Å². The quantitative estimate of drug-likeness (QED) is 0.590. The lowest BCUT2D eigenvalue weighted by molar-refractivity contribution is -0.385. The maximum Gasteiger partial charge on any atom is 0.287 e. The van der Waals surface area contributed by atoms with E-state index in [-0.39, 0.29) is 5.69 Å². The Labute approximate surface area is 82.3 Å². The van der Waals surface area contributed by atoms with Gasteiger partial charge in [0.2, 0.25) is 0 Å². The number of hydrogen-bond donors (Lipinski definition) is 1. The lowest BCUT2D eigenvalue weighted by atomic mass is 10.2. The molecule has 0 saturated heterocycles. The molecule has 0 spiro atoms. The van der Waals surface area contributed by atoms with E-state index in [1.165, 1.54) is 12.3 Å². The molecule has 76 valence electrons. The van der Waals surface area contributed by atoms with Crippen LogP contribution in [0.1, 0.15) is 20.3 Å². The van der Waals surface area contributed by atoms with Crippen LogP contribution in [0.25, 0.3) is 0 Å². The van der Waals surface area contributed by atoms with Crippen LogP contribution in [0.5, 0.6) is 0 Å². The fourth-order valence-corrected chi connectivity index (χ4v) is 0.934. The van der Waals surface area contributed by atoms with Crippen molar-refractivity contribution in [1.82, 2.24) is 4.98 Å². The van der Waals surface area contributed by atoms with Crippen molar-refractivity contribution in [2.75, 3.05) is 5.32 Å². The molecule has 0 unspecified atom stereocenters. The second-order valence-electron chi connectivity index (χ2n) is 3.11. The summed E-state index contributed by atoms with van der Waals surface area (Å²) in [4.78, 5) is 13.8. The van der Waals surface area contributed by atoms with E-state index in [1.54, 1.807) is 6.07 Å². The highest BCUT2D eigenvalue weighted by molar-refractivity contribution is 5.40. The first kappa shape index (κ1) is 10.4. The Balaban J connectivity index is 2.68. The molecule has 0 amide bonds. The third kappa shape index (κ3) is 2.69. The van der Waals surface area contributed by atoms with E-state index < -0.39 is 4.92 Å². The summed E-state index contributed by atoms with van der Waals surface area (Å²) in [5.74, 6) is 0.671. The molecular weight excluding hydrogens is 182 g/mol. The normalized spacial score (nSPS) is 12.1. The Bertz CT molecular complexity index is 310. The molecule has 1 heterocycles. The minimum absolute atomic E-state index is 0.0136. The monoisotopic (exact) mass is 195 g/mol. The van der Waals surface area contributed by atoms with Gasteiger partial charge in [-0.3, -0.25) is 10.1 Å². The zero-order valence-electron chi connectivity index (χ0n) is 8.23. The Morgan fingerprint density at radius 3 is 2.79 bits per heavy atom. The van der Waals surface area contributed by atoms with Crippen LogP contribution >= 0.6 is 0 Å². The minimum atomic E-state index is -0.458. The van der Waals surface area contributed by atoms with Gasteiger partial charge < -0.3 is 5.32 Å². The highest BCUT2D eigenvalue weighted by Crippen LogP contribution is 2.12. The molecule has 1 rings (SSSR count). The predicted molar refractivity (Wildman–Crippen MR) is 54.3 cm³/mol. The van der Waals surface area contributed by atoms with Crippen molar-refractivity contribution in [3.8, 4) is 0 Å². The smallest absolute Gasteiger partial charge is 0.287 e. The molecule has 1 N–H and O–H groups in total. The number of hydrogen-bond acceptors (Lipinski definition) is 4. The standard InChI is InChI=1S/C9H13N3O2/c1-3-7(2)11-9-5-4-8(6-10-9)12(13)14/h4-7H,3H2,1-2H3,(H,10,11)/t7-/m0/s1. The Morgan fingerprint density at radius 1 is 1.64 bits per heavy atom. The first-order chi connectivity index (χ1) is 6.63. The summed E-state index contributed by atoms with van der Waals surface area (Å²) in [6.07, 6.45) is 2.24. The molecule has 5 heteroatoms. The van der Waals surface area contributed by atoms with Crippen molar-refractivity contribution in [3.63, 3.8) is 0 Å². The number of nitrogens with one attached hydrogen (secondary N) is 1. The van der Waals surface area contributed by atoms with E-state index in [2.05, 4.69) is 17.2 Å². The maximum absolute atomic E-state index is 10.3. The number of anilines is 1. The van der Waals surface area contributed by atoms with Gasteiger partial charge in [0.1, 0.15) is 12.0 Å². The third-order valence-electron chi connectivity index (χ3n) is 1.97. The molecule has 0 aliphatic heterocycles. The predicted octanol–water partition coefficient (Wildman–Crippen LogP) is 2.20. The Morgan fingerprint density at radius 2 is 2.36 bits per heavy atom. The first-order valence-corrected chi connectivity index (χ1v) is 4.50. The van der Waals surface area contributed by atoms with Gasteiger partial charge in [-0.05, 0) is 19.4 Å². The zero-order chi connectivity index (χ0) is 10.6. The second-order valence-corrected chi connectivity index (χ2v) is 3.11. The summed E-state index contributed by atoms with van der Waals surface area (Å²) in [6.45, 7) is 4.09. The van der Waals surface area contributed by atoms with Crippen molar-refractivity contribution < 1.29 is 4.92 Å². The highest BCUT2D eigenvalue weighted by atomic mass is 16.6. The van der Waals surface area contributed by atoms with Gasteiger partial charge in [0.15, 0.2) is 0 Å². The summed E-state index contributed by atoms with van der Waals surface area (Å²) >= 11 is 0. The molecule has 0 aliphatic carbocycles. The number of rotatable bonds is 4. The number of aromatic nitrogens is 1. The van der Waals surface area contributed by atoms with Crippen molar-refractivity contribution in [2.24, 2.45) is 0 Å². The third-order valence-corrected chi connectivity index (χ3v) is 1.97. The average molecular weight is 195 g/mol. The van der Waals surface area contributed by atoms with Crippen LogP contribution < -0.4 is 5.32 Å². The van der Waals surface area contributed by atoms with Gasteiger partial charge >= 0.3 is 0 Å². The van der Waals surface area contributed by atoms with Crippen molar-refractivity contribution in [2.45, 2.75) is 26.3 Å². The SMILES string of the molecule is CC[C@H](C)Nc1ccc([N+](=O)[O-])cn1. The van der Waals surface area contributed by atoms with Crippen LogP contribution in [0.4, 0.5) is 11.5 Å². The van der Waals surface area contributed by atoms with E-state index in [0.717, 1.165) is 6.42 Å². The van der Waals surface area contributed by atoms with Crippen LogP contribution in [-0.4, -0.2) is 15.9 Å². The van der Waals surface area contributed by atoms with Gasteiger partial charge in [0, 0.05) is 12.1 Å². The lowest BCUT2D eigenvalue weighted by Gasteiger charge is -2.10. The summed E-state index contributed by atoms with van der Waals surface area (Å²) < 4.78 is 0. The molecule has 0 aromatic carbocycles. The van der Waals surface area contributed by atoms with Gasteiger partial charge in [0.25, 0.3) is 5.69 Å². The van der Waals surface area contributed by atoms with Gasteiger partial charge in [-0.2, -0.15) is 0 Å². The average Bonchev–Trinajstić information content (AvgIpc) is 2.18. The van der Waals surface area contributed by atoms with Crippen molar-refractivity contribution in [3.05, 3.63) is 28.4 Å². The number of nitro groups is 1. The Hall–Kier alpha value is -1.65. The summed E-state index contributed by atoms with van der Waals surface area (Å²) in [7, 11) is 0. The second kappa shape index (κ2) is 4.55. The number of nitrogens with zero attached hydrogens (tertiary/aromatic N) is 2. The summed E-state index contributed by atoms with van der Waals surface area (Å²) in [5.41, 5.74) is 0.0136. The van der Waals surface area contributed by atoms with Crippen LogP contribution in [0.3, 0.4) is 0 Å². The molecule has 0 fully saturated rings. The molecule has 1 atom stereocenters. The van der Waals surface area contributed by atoms with E-state index in [4.69, 9.17) is 0 Å². The molecule has 0 radical (unpaired) electrons. The fraction of sp³-hybridized carbons (Fsp3) is 0.444. The van der Waals surface area contributed by atoms with Gasteiger partial charge in [-0.25, -0.2) is 4.98 Å². The van der Waals surface area contributed by atoms with Gasteiger partial charge in [-0.15, -0.1) is 0 Å². The van der Waals surface area contributed by atoms with E-state index in [9.17, 15) is 10.1 Å². The van der Waals surface area contributed by atoms with Gasteiger partial charge in [-0.1, -0.05) is 6.92 Å². The Kier molecular flexibility index (Phi) is 3.39.